The molecule has 0 fully saturated rings. The molecule has 3 aromatic carbocycles. The molecule has 13 nitrogen and oxygen atoms in total. The summed E-state index contributed by atoms with van der Waals surface area (Å²) in [6.07, 6.45) is 0.631. The van der Waals surface area contributed by atoms with E-state index in [9.17, 15) is 9.59 Å². The number of carbonyl (C=O) groups is 1. The Morgan fingerprint density at radius 1 is 0.800 bits per heavy atom. The van der Waals surface area contributed by atoms with E-state index in [2.05, 4.69) is 36.2 Å². The molecule has 2 amide bonds. The number of aromatic nitrogens is 3. The zero-order valence-corrected chi connectivity index (χ0v) is 25.1. The maximum absolute atomic E-state index is 12.7. The van der Waals surface area contributed by atoms with Gasteiger partial charge in [0.15, 0.2) is 16.6 Å². The summed E-state index contributed by atoms with van der Waals surface area (Å²) in [5.41, 5.74) is 1.63. The maximum Gasteiger partial charge on any atom is 0.339 e. The highest BCUT2D eigenvalue weighted by Crippen LogP contribution is 2.28. The second-order valence-electron chi connectivity index (χ2n) is 9.41. The van der Waals surface area contributed by atoms with Crippen LogP contribution in [0.1, 0.15) is 11.1 Å². The van der Waals surface area contributed by atoms with Crippen LogP contribution >= 0.6 is 12.2 Å². The predicted octanol–water partition coefficient (Wildman–Crippen LogP) is 4.64. The summed E-state index contributed by atoms with van der Waals surface area (Å²) >= 11 is 5.46. The van der Waals surface area contributed by atoms with Crippen LogP contribution < -0.4 is 41.1 Å². The van der Waals surface area contributed by atoms with E-state index in [0.29, 0.717) is 35.4 Å². The molecule has 0 aliphatic carbocycles. The molecular weight excluding hydrogens is 598 g/mol. The zero-order valence-electron chi connectivity index (χ0n) is 24.3. The van der Waals surface area contributed by atoms with Gasteiger partial charge in [-0.25, -0.2) is 9.59 Å². The Bertz CT molecular complexity index is 1870. The van der Waals surface area contributed by atoms with E-state index in [1.807, 2.05) is 48.5 Å². The van der Waals surface area contributed by atoms with Gasteiger partial charge in [-0.15, -0.1) is 0 Å². The first kappa shape index (κ1) is 30.7. The Hall–Kier alpha value is -5.76. The van der Waals surface area contributed by atoms with E-state index in [4.69, 9.17) is 30.8 Å². The smallest absolute Gasteiger partial charge is 0.339 e. The fourth-order valence-electron chi connectivity index (χ4n) is 4.20. The normalized spacial score (nSPS) is 10.5. The number of rotatable bonds is 11. The summed E-state index contributed by atoms with van der Waals surface area (Å²) in [7, 11) is 3.16. The van der Waals surface area contributed by atoms with Crippen LogP contribution in [0.5, 0.6) is 23.3 Å². The Labute approximate surface area is 263 Å². The molecule has 0 aliphatic heterocycles. The molecule has 0 unspecified atom stereocenters. The molecule has 0 aliphatic rings. The third-order valence-electron chi connectivity index (χ3n) is 6.32. The summed E-state index contributed by atoms with van der Waals surface area (Å²) in [5.74, 6) is 1.31. The molecular formula is C31H29N7O6S. The molecule has 2 aromatic heterocycles. The fraction of sp³-hybridized carbons (Fsp3) is 0.161. The lowest BCUT2D eigenvalue weighted by atomic mass is 10.1. The topological polar surface area (TPSA) is 162 Å². The molecule has 0 saturated heterocycles. The molecule has 230 valence electrons. The molecule has 5 rings (SSSR count). The molecule has 0 spiro atoms. The Balaban J connectivity index is 1.31. The fourth-order valence-corrected chi connectivity index (χ4v) is 4.40. The van der Waals surface area contributed by atoms with Crippen LogP contribution in [0.4, 0.5) is 16.7 Å². The second-order valence-corrected chi connectivity index (χ2v) is 9.81. The Morgan fingerprint density at radius 3 is 2.31 bits per heavy atom. The number of nitrogens with one attached hydrogen (secondary N) is 4. The Morgan fingerprint density at radius 2 is 1.53 bits per heavy atom. The SMILES string of the molecule is COc1ccc(CCNC(=S)Nc2nc(NC(=O)NCc3ccccc3)nc(Oc3cc(=O)oc4ccccc34)n2)cc1OC. The van der Waals surface area contributed by atoms with Gasteiger partial charge < -0.3 is 34.6 Å². The van der Waals surface area contributed by atoms with Crippen molar-refractivity contribution in [3.8, 4) is 23.3 Å². The van der Waals surface area contributed by atoms with Gasteiger partial charge in [-0.05, 0) is 54.0 Å². The highest BCUT2D eigenvalue weighted by molar-refractivity contribution is 7.80. The molecule has 45 heavy (non-hydrogen) atoms. The minimum Gasteiger partial charge on any atom is -0.493 e. The van der Waals surface area contributed by atoms with Crippen molar-refractivity contribution in [2.24, 2.45) is 0 Å². The van der Waals surface area contributed by atoms with Crippen LogP contribution in [-0.2, 0) is 13.0 Å². The monoisotopic (exact) mass is 627 g/mol. The molecule has 0 bridgehead atoms. The number of benzene rings is 3. The zero-order chi connectivity index (χ0) is 31.6. The van der Waals surface area contributed by atoms with Crippen molar-refractivity contribution in [2.45, 2.75) is 13.0 Å². The van der Waals surface area contributed by atoms with Gasteiger partial charge in [0.2, 0.25) is 11.9 Å². The first-order valence-corrected chi connectivity index (χ1v) is 14.1. The number of hydrogen-bond donors (Lipinski definition) is 4. The standard InChI is InChI=1S/C31H29N7O6S/c1-41-23-13-12-19(16-25(23)42-2)14-15-32-31(45)38-28-34-27(35-29(40)33-18-20-8-4-3-5-9-20)36-30(37-28)44-24-17-26(39)43-22-11-7-6-10-21(22)24/h3-13,16-17H,14-15,18H2,1-2H3,(H4,32,33,34,35,36,37,38,40,45). The van der Waals surface area contributed by atoms with Crippen molar-refractivity contribution in [1.82, 2.24) is 25.6 Å². The highest BCUT2D eigenvalue weighted by atomic mass is 32.1. The maximum atomic E-state index is 12.7. The quantitative estimate of drug-likeness (QED) is 0.119. The number of thiocarbonyl (C=S) groups is 1. The molecule has 2 heterocycles. The number of ether oxygens (including phenoxy) is 3. The summed E-state index contributed by atoms with van der Waals surface area (Å²) in [6, 6.07) is 22.4. The van der Waals surface area contributed by atoms with Gasteiger partial charge in [0, 0.05) is 13.1 Å². The number of hydrogen-bond acceptors (Lipinski definition) is 10. The van der Waals surface area contributed by atoms with E-state index in [1.165, 1.54) is 6.07 Å². The van der Waals surface area contributed by atoms with Crippen LogP contribution in [0.15, 0.2) is 88.1 Å². The third kappa shape index (κ3) is 8.42. The van der Waals surface area contributed by atoms with Crippen molar-refractivity contribution < 1.29 is 23.4 Å². The lowest BCUT2D eigenvalue weighted by Gasteiger charge is -2.13. The number of fused-ring (bicyclic) bond motifs is 1. The van der Waals surface area contributed by atoms with Gasteiger partial charge >= 0.3 is 17.7 Å². The van der Waals surface area contributed by atoms with Gasteiger partial charge in [-0.2, -0.15) is 15.0 Å². The minimum atomic E-state index is -0.616. The summed E-state index contributed by atoms with van der Waals surface area (Å²) in [6.45, 7) is 0.765. The van der Waals surface area contributed by atoms with Crippen LogP contribution in [0.3, 0.4) is 0 Å². The number of amides is 2. The molecule has 0 atom stereocenters. The molecule has 0 saturated carbocycles. The number of urea groups is 1. The summed E-state index contributed by atoms with van der Waals surface area (Å²) < 4.78 is 21.8. The predicted molar refractivity (Wildman–Crippen MR) is 172 cm³/mol. The average Bonchev–Trinajstić information content (AvgIpc) is 3.04. The van der Waals surface area contributed by atoms with Crippen molar-refractivity contribution in [3.63, 3.8) is 0 Å². The molecule has 4 N–H and O–H groups in total. The summed E-state index contributed by atoms with van der Waals surface area (Å²) in [4.78, 5) is 37.6. The van der Waals surface area contributed by atoms with Crippen LogP contribution in [-0.4, -0.2) is 46.9 Å². The second kappa shape index (κ2) is 14.6. The van der Waals surface area contributed by atoms with Gasteiger partial charge in [-0.3, -0.25) is 5.32 Å². The lowest BCUT2D eigenvalue weighted by molar-refractivity contribution is 0.251. The first-order chi connectivity index (χ1) is 21.9. The minimum absolute atomic E-state index is 0.00533. The number of nitrogens with zero attached hydrogens (tertiary/aromatic N) is 3. The van der Waals surface area contributed by atoms with Crippen LogP contribution in [0, 0.1) is 0 Å². The molecule has 5 aromatic rings. The highest BCUT2D eigenvalue weighted by Gasteiger charge is 2.15. The Kier molecular flexibility index (Phi) is 9.97. The number of methoxy groups -OCH3 is 2. The van der Waals surface area contributed by atoms with E-state index < -0.39 is 11.7 Å². The number of anilines is 2. The van der Waals surface area contributed by atoms with E-state index in [0.717, 1.165) is 11.1 Å². The van der Waals surface area contributed by atoms with E-state index >= 15 is 0 Å². The average molecular weight is 628 g/mol. The largest absolute Gasteiger partial charge is 0.493 e. The summed E-state index contributed by atoms with van der Waals surface area (Å²) in [5, 5.41) is 12.1. The van der Waals surface area contributed by atoms with E-state index in [1.54, 1.807) is 38.5 Å². The first-order valence-electron chi connectivity index (χ1n) is 13.7. The van der Waals surface area contributed by atoms with Crippen molar-refractivity contribution in [3.05, 3.63) is 100 Å². The van der Waals surface area contributed by atoms with Gasteiger partial charge in [0.1, 0.15) is 11.3 Å². The molecule has 0 radical (unpaired) electrons. The number of carbonyl (C=O) groups excluding carboxylic acids is 1. The van der Waals surface area contributed by atoms with Gasteiger partial charge in [-0.1, -0.05) is 48.5 Å². The van der Waals surface area contributed by atoms with Crippen LogP contribution in [0.2, 0.25) is 0 Å². The molecule has 14 heteroatoms. The van der Waals surface area contributed by atoms with E-state index in [-0.39, 0.29) is 35.3 Å². The van der Waals surface area contributed by atoms with Crippen molar-refractivity contribution >= 4 is 46.2 Å². The number of para-hydroxylation sites is 1. The lowest BCUT2D eigenvalue weighted by Crippen LogP contribution is -2.32. The van der Waals surface area contributed by atoms with Gasteiger partial charge in [0.05, 0.1) is 25.7 Å². The van der Waals surface area contributed by atoms with Gasteiger partial charge in [0.25, 0.3) is 0 Å². The van der Waals surface area contributed by atoms with Crippen molar-refractivity contribution in [1.29, 1.82) is 0 Å². The third-order valence-corrected chi connectivity index (χ3v) is 6.57. The van der Waals surface area contributed by atoms with Crippen molar-refractivity contribution in [2.75, 3.05) is 31.4 Å². The van der Waals surface area contributed by atoms with Crippen LogP contribution in [0.25, 0.3) is 11.0 Å².